The molecule has 0 aliphatic carbocycles. The lowest BCUT2D eigenvalue weighted by molar-refractivity contribution is 0.702. The van der Waals surface area contributed by atoms with Gasteiger partial charge >= 0.3 is 0 Å². The fraction of sp³-hybridized carbons (Fsp3) is 0.389. The molecule has 0 saturated carbocycles. The summed E-state index contributed by atoms with van der Waals surface area (Å²) in [5.41, 5.74) is 4.77. The van der Waals surface area contributed by atoms with E-state index in [1.54, 1.807) is 0 Å². The van der Waals surface area contributed by atoms with Crippen LogP contribution in [0.25, 0.3) is 0 Å². The van der Waals surface area contributed by atoms with Crippen molar-refractivity contribution in [3.63, 3.8) is 0 Å². The van der Waals surface area contributed by atoms with Crippen LogP contribution in [0.3, 0.4) is 0 Å². The van der Waals surface area contributed by atoms with E-state index in [1.807, 2.05) is 0 Å². The Labute approximate surface area is 128 Å². The second kappa shape index (κ2) is 7.79. The molecular formula is C18H25N3. The van der Waals surface area contributed by atoms with Crippen LogP contribution in [0.15, 0.2) is 42.5 Å². The predicted octanol–water partition coefficient (Wildman–Crippen LogP) is 3.53. The number of nitrogens with zero attached hydrogens (tertiary/aromatic N) is 2. The molecule has 1 heterocycles. The molecule has 112 valence electrons. The molecule has 1 aromatic carbocycles. The van der Waals surface area contributed by atoms with Gasteiger partial charge in [0.15, 0.2) is 0 Å². The zero-order valence-electron chi connectivity index (χ0n) is 13.3. The number of aromatic nitrogens is 1. The Morgan fingerprint density at radius 2 is 1.71 bits per heavy atom. The SMILES string of the molecule is CCNCc1cccc(CN(CC)c2ccc(C)cc2)n1. The summed E-state index contributed by atoms with van der Waals surface area (Å²) in [6.45, 7) is 10.0. The van der Waals surface area contributed by atoms with Gasteiger partial charge in [0.1, 0.15) is 0 Å². The minimum absolute atomic E-state index is 0.834. The van der Waals surface area contributed by atoms with Crippen molar-refractivity contribution in [1.82, 2.24) is 10.3 Å². The highest BCUT2D eigenvalue weighted by Crippen LogP contribution is 2.17. The van der Waals surface area contributed by atoms with E-state index in [0.717, 1.165) is 37.6 Å². The molecule has 3 heteroatoms. The minimum Gasteiger partial charge on any atom is -0.366 e. The maximum absolute atomic E-state index is 4.74. The summed E-state index contributed by atoms with van der Waals surface area (Å²) in [7, 11) is 0. The van der Waals surface area contributed by atoms with E-state index in [1.165, 1.54) is 11.3 Å². The summed E-state index contributed by atoms with van der Waals surface area (Å²) in [6.07, 6.45) is 0. The number of hydrogen-bond donors (Lipinski definition) is 1. The third kappa shape index (κ3) is 4.57. The Kier molecular flexibility index (Phi) is 5.76. The van der Waals surface area contributed by atoms with Gasteiger partial charge in [0.2, 0.25) is 0 Å². The third-order valence-electron chi connectivity index (χ3n) is 3.55. The van der Waals surface area contributed by atoms with Crippen LogP contribution in [0.1, 0.15) is 30.8 Å². The smallest absolute Gasteiger partial charge is 0.0602 e. The first-order chi connectivity index (χ1) is 10.2. The van der Waals surface area contributed by atoms with Gasteiger partial charge in [0.25, 0.3) is 0 Å². The highest BCUT2D eigenvalue weighted by atomic mass is 15.1. The van der Waals surface area contributed by atoms with Crippen molar-refractivity contribution in [2.75, 3.05) is 18.0 Å². The Morgan fingerprint density at radius 1 is 1.00 bits per heavy atom. The fourth-order valence-corrected chi connectivity index (χ4v) is 2.31. The van der Waals surface area contributed by atoms with Crippen LogP contribution < -0.4 is 10.2 Å². The zero-order chi connectivity index (χ0) is 15.1. The van der Waals surface area contributed by atoms with Crippen molar-refractivity contribution in [2.45, 2.75) is 33.9 Å². The summed E-state index contributed by atoms with van der Waals surface area (Å²) in [5.74, 6) is 0. The van der Waals surface area contributed by atoms with E-state index < -0.39 is 0 Å². The Hall–Kier alpha value is -1.87. The van der Waals surface area contributed by atoms with Gasteiger partial charge in [0, 0.05) is 18.8 Å². The first-order valence-corrected chi connectivity index (χ1v) is 7.70. The molecule has 0 bridgehead atoms. The van der Waals surface area contributed by atoms with Crippen LogP contribution in [0, 0.1) is 6.92 Å². The highest BCUT2D eigenvalue weighted by molar-refractivity contribution is 5.47. The van der Waals surface area contributed by atoms with Crippen LogP contribution in [0.2, 0.25) is 0 Å². The fourth-order valence-electron chi connectivity index (χ4n) is 2.31. The molecule has 21 heavy (non-hydrogen) atoms. The molecule has 1 aromatic heterocycles. The van der Waals surface area contributed by atoms with Gasteiger partial charge in [-0.3, -0.25) is 4.98 Å². The molecule has 0 radical (unpaired) electrons. The van der Waals surface area contributed by atoms with Gasteiger partial charge < -0.3 is 10.2 Å². The van der Waals surface area contributed by atoms with Crippen molar-refractivity contribution < 1.29 is 0 Å². The summed E-state index contributed by atoms with van der Waals surface area (Å²) < 4.78 is 0. The van der Waals surface area contributed by atoms with Gasteiger partial charge in [-0.05, 0) is 44.7 Å². The van der Waals surface area contributed by atoms with E-state index >= 15 is 0 Å². The zero-order valence-corrected chi connectivity index (χ0v) is 13.3. The van der Waals surface area contributed by atoms with E-state index in [0.29, 0.717) is 0 Å². The van der Waals surface area contributed by atoms with E-state index in [9.17, 15) is 0 Å². The number of rotatable bonds is 7. The van der Waals surface area contributed by atoms with Gasteiger partial charge in [-0.2, -0.15) is 0 Å². The van der Waals surface area contributed by atoms with Crippen molar-refractivity contribution >= 4 is 5.69 Å². The molecule has 0 aliphatic rings. The lowest BCUT2D eigenvalue weighted by Crippen LogP contribution is -2.23. The molecule has 0 amide bonds. The first-order valence-electron chi connectivity index (χ1n) is 7.70. The minimum atomic E-state index is 0.834. The average Bonchev–Trinajstić information content (AvgIpc) is 2.52. The lowest BCUT2D eigenvalue weighted by atomic mass is 10.2. The molecule has 0 fully saturated rings. The number of pyridine rings is 1. The summed E-state index contributed by atoms with van der Waals surface area (Å²) in [5, 5.41) is 3.32. The topological polar surface area (TPSA) is 28.2 Å². The number of benzene rings is 1. The maximum Gasteiger partial charge on any atom is 0.0602 e. The molecule has 2 aromatic rings. The predicted molar refractivity (Wildman–Crippen MR) is 89.5 cm³/mol. The normalized spacial score (nSPS) is 10.6. The van der Waals surface area contributed by atoms with E-state index in [2.05, 4.69) is 73.5 Å². The molecule has 0 spiro atoms. The molecule has 0 saturated heterocycles. The monoisotopic (exact) mass is 283 g/mol. The second-order valence-electron chi connectivity index (χ2n) is 5.25. The Morgan fingerprint density at radius 3 is 2.38 bits per heavy atom. The lowest BCUT2D eigenvalue weighted by Gasteiger charge is -2.23. The molecule has 0 aliphatic heterocycles. The Bertz CT molecular complexity index is 549. The molecule has 1 N–H and O–H groups in total. The largest absolute Gasteiger partial charge is 0.366 e. The van der Waals surface area contributed by atoms with Crippen LogP contribution >= 0.6 is 0 Å². The van der Waals surface area contributed by atoms with Crippen LogP contribution in [0.4, 0.5) is 5.69 Å². The van der Waals surface area contributed by atoms with Crippen LogP contribution in [-0.4, -0.2) is 18.1 Å². The van der Waals surface area contributed by atoms with Gasteiger partial charge in [0.05, 0.1) is 17.9 Å². The first kappa shape index (κ1) is 15.5. The van der Waals surface area contributed by atoms with Gasteiger partial charge in [-0.15, -0.1) is 0 Å². The molecule has 0 atom stereocenters. The molecule has 3 nitrogen and oxygen atoms in total. The number of nitrogens with one attached hydrogen (secondary N) is 1. The van der Waals surface area contributed by atoms with E-state index in [4.69, 9.17) is 4.98 Å². The highest BCUT2D eigenvalue weighted by Gasteiger charge is 2.06. The molecule has 0 unspecified atom stereocenters. The number of anilines is 1. The standard InChI is InChI=1S/C18H25N3/c1-4-19-13-16-7-6-8-17(20-16)14-21(5-2)18-11-9-15(3)10-12-18/h6-12,19H,4-5,13-14H2,1-3H3. The van der Waals surface area contributed by atoms with Crippen molar-refractivity contribution in [1.29, 1.82) is 0 Å². The third-order valence-corrected chi connectivity index (χ3v) is 3.55. The summed E-state index contributed by atoms with van der Waals surface area (Å²) >= 11 is 0. The quantitative estimate of drug-likeness (QED) is 0.842. The van der Waals surface area contributed by atoms with Crippen LogP contribution in [-0.2, 0) is 13.1 Å². The second-order valence-corrected chi connectivity index (χ2v) is 5.25. The summed E-state index contributed by atoms with van der Waals surface area (Å²) in [4.78, 5) is 7.08. The van der Waals surface area contributed by atoms with Crippen LogP contribution in [0.5, 0.6) is 0 Å². The van der Waals surface area contributed by atoms with Gasteiger partial charge in [-0.25, -0.2) is 0 Å². The number of aryl methyl sites for hydroxylation is 1. The van der Waals surface area contributed by atoms with Crippen molar-refractivity contribution in [2.24, 2.45) is 0 Å². The number of hydrogen-bond acceptors (Lipinski definition) is 3. The molecule has 2 rings (SSSR count). The molecular weight excluding hydrogens is 258 g/mol. The van der Waals surface area contributed by atoms with Gasteiger partial charge in [-0.1, -0.05) is 30.7 Å². The maximum atomic E-state index is 4.74. The van der Waals surface area contributed by atoms with E-state index in [-0.39, 0.29) is 0 Å². The summed E-state index contributed by atoms with van der Waals surface area (Å²) in [6, 6.07) is 15.0. The van der Waals surface area contributed by atoms with Crippen molar-refractivity contribution in [3.8, 4) is 0 Å². The Balaban J connectivity index is 2.09. The average molecular weight is 283 g/mol. The van der Waals surface area contributed by atoms with Crippen molar-refractivity contribution in [3.05, 3.63) is 59.4 Å².